The minimum Gasteiger partial charge on any atom is -0.283 e. The zero-order valence-corrected chi connectivity index (χ0v) is 8.85. The summed E-state index contributed by atoms with van der Waals surface area (Å²) >= 11 is 0. The lowest BCUT2D eigenvalue weighted by atomic mass is 9.98. The van der Waals surface area contributed by atoms with Gasteiger partial charge >= 0.3 is 0 Å². The van der Waals surface area contributed by atoms with E-state index in [-0.39, 0.29) is 0 Å². The molecule has 0 saturated carbocycles. The summed E-state index contributed by atoms with van der Waals surface area (Å²) < 4.78 is 0. The molecule has 0 fully saturated rings. The molecule has 0 bridgehead atoms. The summed E-state index contributed by atoms with van der Waals surface area (Å²) in [6.07, 6.45) is 7.64. The Labute approximate surface area is 89.6 Å². The van der Waals surface area contributed by atoms with Gasteiger partial charge in [0.1, 0.15) is 0 Å². The summed E-state index contributed by atoms with van der Waals surface area (Å²) in [5, 5.41) is 6.93. The molecule has 0 aromatic carbocycles. The van der Waals surface area contributed by atoms with Crippen LogP contribution in [0.1, 0.15) is 18.2 Å². The zero-order chi connectivity index (χ0) is 10.5. The highest BCUT2D eigenvalue weighted by Crippen LogP contribution is 2.11. The largest absolute Gasteiger partial charge is 0.283 e. The molecule has 0 spiro atoms. The van der Waals surface area contributed by atoms with Crippen molar-refractivity contribution in [3.63, 3.8) is 0 Å². The van der Waals surface area contributed by atoms with Crippen molar-refractivity contribution < 1.29 is 0 Å². The van der Waals surface area contributed by atoms with Crippen molar-refractivity contribution in [1.82, 2.24) is 15.2 Å². The van der Waals surface area contributed by atoms with Gasteiger partial charge in [-0.3, -0.25) is 10.1 Å². The lowest BCUT2D eigenvalue weighted by molar-refractivity contribution is 0.567. The maximum Gasteiger partial charge on any atom is 0.0490 e. The fourth-order valence-corrected chi connectivity index (χ4v) is 1.77. The van der Waals surface area contributed by atoms with Crippen LogP contribution in [-0.4, -0.2) is 15.2 Å². The summed E-state index contributed by atoms with van der Waals surface area (Å²) in [5.74, 6) is 0.606. The normalized spacial score (nSPS) is 12.6. The average Bonchev–Trinajstić information content (AvgIpc) is 2.71. The molecule has 2 aromatic heterocycles. The molecule has 2 heterocycles. The third-order valence-electron chi connectivity index (χ3n) is 2.43. The molecule has 0 aliphatic heterocycles. The molecule has 1 unspecified atom stereocenters. The number of rotatable bonds is 4. The van der Waals surface area contributed by atoms with E-state index < -0.39 is 0 Å². The van der Waals surface area contributed by atoms with Gasteiger partial charge in [-0.2, -0.15) is 5.10 Å². The minimum atomic E-state index is 0.606. The zero-order valence-electron chi connectivity index (χ0n) is 8.85. The number of hydrogen-bond acceptors (Lipinski definition) is 2. The van der Waals surface area contributed by atoms with Crippen LogP contribution in [-0.2, 0) is 12.8 Å². The quantitative estimate of drug-likeness (QED) is 0.824. The monoisotopic (exact) mass is 201 g/mol. The first-order valence-corrected chi connectivity index (χ1v) is 5.22. The third-order valence-corrected chi connectivity index (χ3v) is 2.43. The Balaban J connectivity index is 1.90. The molecule has 0 radical (unpaired) electrons. The van der Waals surface area contributed by atoms with Crippen molar-refractivity contribution in [3.05, 3.63) is 48.0 Å². The van der Waals surface area contributed by atoms with Gasteiger partial charge in [0.05, 0.1) is 0 Å². The van der Waals surface area contributed by atoms with Crippen molar-refractivity contribution in [2.75, 3.05) is 0 Å². The maximum atomic E-state index is 4.11. The Hall–Kier alpha value is -1.64. The smallest absolute Gasteiger partial charge is 0.0490 e. The SMILES string of the molecule is CC(Cc1cccnc1)Cc1ccn[nH]1. The molecular weight excluding hydrogens is 186 g/mol. The van der Waals surface area contributed by atoms with E-state index in [4.69, 9.17) is 0 Å². The number of pyridine rings is 1. The van der Waals surface area contributed by atoms with E-state index in [1.807, 2.05) is 24.5 Å². The van der Waals surface area contributed by atoms with E-state index in [2.05, 4.69) is 28.2 Å². The van der Waals surface area contributed by atoms with Crippen LogP contribution < -0.4 is 0 Å². The fourth-order valence-electron chi connectivity index (χ4n) is 1.77. The number of nitrogens with zero attached hydrogens (tertiary/aromatic N) is 2. The van der Waals surface area contributed by atoms with Gasteiger partial charge in [-0.05, 0) is 36.5 Å². The van der Waals surface area contributed by atoms with E-state index in [1.165, 1.54) is 11.3 Å². The van der Waals surface area contributed by atoms with Crippen molar-refractivity contribution in [3.8, 4) is 0 Å². The molecule has 2 rings (SSSR count). The molecule has 3 heteroatoms. The minimum absolute atomic E-state index is 0.606. The predicted molar refractivity (Wildman–Crippen MR) is 59.4 cm³/mol. The molecule has 0 aliphatic carbocycles. The highest BCUT2D eigenvalue weighted by atomic mass is 15.1. The Morgan fingerprint density at radius 1 is 1.27 bits per heavy atom. The lowest BCUT2D eigenvalue weighted by Gasteiger charge is -2.09. The summed E-state index contributed by atoms with van der Waals surface area (Å²) in [4.78, 5) is 4.11. The maximum absolute atomic E-state index is 4.11. The number of aromatic nitrogens is 3. The molecular formula is C12H15N3. The first-order valence-electron chi connectivity index (χ1n) is 5.22. The van der Waals surface area contributed by atoms with Crippen LogP contribution in [0.15, 0.2) is 36.8 Å². The summed E-state index contributed by atoms with van der Waals surface area (Å²) in [7, 11) is 0. The van der Waals surface area contributed by atoms with E-state index in [0.717, 1.165) is 12.8 Å². The third kappa shape index (κ3) is 2.91. The van der Waals surface area contributed by atoms with Crippen molar-refractivity contribution in [2.24, 2.45) is 5.92 Å². The Morgan fingerprint density at radius 2 is 2.20 bits per heavy atom. The lowest BCUT2D eigenvalue weighted by Crippen LogP contribution is -2.04. The van der Waals surface area contributed by atoms with E-state index in [1.54, 1.807) is 6.20 Å². The summed E-state index contributed by atoms with van der Waals surface area (Å²) in [6, 6.07) is 6.13. The van der Waals surface area contributed by atoms with Gasteiger partial charge in [0.15, 0.2) is 0 Å². The average molecular weight is 201 g/mol. The van der Waals surface area contributed by atoms with Gasteiger partial charge in [-0.15, -0.1) is 0 Å². The Bertz CT molecular complexity index is 381. The highest BCUT2D eigenvalue weighted by Gasteiger charge is 2.05. The van der Waals surface area contributed by atoms with Crippen LogP contribution in [0.5, 0.6) is 0 Å². The second-order valence-corrected chi connectivity index (χ2v) is 3.96. The molecule has 1 N–H and O–H groups in total. The predicted octanol–water partition coefficient (Wildman–Crippen LogP) is 2.23. The fraction of sp³-hybridized carbons (Fsp3) is 0.333. The van der Waals surface area contributed by atoms with E-state index >= 15 is 0 Å². The van der Waals surface area contributed by atoms with Gasteiger partial charge in [0, 0.05) is 24.3 Å². The first kappa shape index (κ1) is 9.90. The molecule has 0 saturated heterocycles. The van der Waals surface area contributed by atoms with E-state index in [0.29, 0.717) is 5.92 Å². The van der Waals surface area contributed by atoms with Crippen molar-refractivity contribution >= 4 is 0 Å². The first-order chi connectivity index (χ1) is 7.34. The second-order valence-electron chi connectivity index (χ2n) is 3.96. The van der Waals surface area contributed by atoms with Crippen molar-refractivity contribution in [2.45, 2.75) is 19.8 Å². The number of aromatic amines is 1. The summed E-state index contributed by atoms with van der Waals surface area (Å²) in [5.41, 5.74) is 2.50. The standard InChI is InChI=1S/C12H15N3/c1-10(8-12-4-6-14-15-12)7-11-3-2-5-13-9-11/h2-6,9-10H,7-8H2,1H3,(H,14,15). The molecule has 78 valence electrons. The van der Waals surface area contributed by atoms with Gasteiger partial charge < -0.3 is 0 Å². The Morgan fingerprint density at radius 3 is 2.87 bits per heavy atom. The molecule has 0 aliphatic rings. The highest BCUT2D eigenvalue weighted by molar-refractivity contribution is 5.10. The topological polar surface area (TPSA) is 41.6 Å². The van der Waals surface area contributed by atoms with Crippen LogP contribution in [0.25, 0.3) is 0 Å². The van der Waals surface area contributed by atoms with Gasteiger partial charge in [-0.25, -0.2) is 0 Å². The van der Waals surface area contributed by atoms with Gasteiger partial charge in [-0.1, -0.05) is 13.0 Å². The van der Waals surface area contributed by atoms with Crippen LogP contribution in [0.3, 0.4) is 0 Å². The number of nitrogens with one attached hydrogen (secondary N) is 1. The van der Waals surface area contributed by atoms with Crippen LogP contribution >= 0.6 is 0 Å². The van der Waals surface area contributed by atoms with Gasteiger partial charge in [0.25, 0.3) is 0 Å². The van der Waals surface area contributed by atoms with Gasteiger partial charge in [0.2, 0.25) is 0 Å². The van der Waals surface area contributed by atoms with Crippen molar-refractivity contribution in [1.29, 1.82) is 0 Å². The van der Waals surface area contributed by atoms with Crippen LogP contribution in [0.2, 0.25) is 0 Å². The molecule has 1 atom stereocenters. The molecule has 3 nitrogen and oxygen atoms in total. The van der Waals surface area contributed by atoms with Crippen LogP contribution in [0, 0.1) is 5.92 Å². The number of H-pyrrole nitrogens is 1. The molecule has 0 amide bonds. The summed E-state index contributed by atoms with van der Waals surface area (Å²) in [6.45, 7) is 2.24. The van der Waals surface area contributed by atoms with Crippen LogP contribution in [0.4, 0.5) is 0 Å². The second kappa shape index (κ2) is 4.73. The Kier molecular flexibility index (Phi) is 3.12. The molecule has 2 aromatic rings. The number of hydrogen-bond donors (Lipinski definition) is 1. The molecule has 15 heavy (non-hydrogen) atoms. The van der Waals surface area contributed by atoms with E-state index in [9.17, 15) is 0 Å².